The molecule has 1 aliphatic rings. The van der Waals surface area contributed by atoms with Crippen LogP contribution in [-0.4, -0.2) is 45.4 Å². The van der Waals surface area contributed by atoms with E-state index in [4.69, 9.17) is 9.88 Å². The number of rotatable bonds is 6. The molecule has 34 heavy (non-hydrogen) atoms. The van der Waals surface area contributed by atoms with Gasteiger partial charge in [0, 0.05) is 17.3 Å². The number of amides is 2. The number of esters is 1. The van der Waals surface area contributed by atoms with Gasteiger partial charge in [-0.1, -0.05) is 32.9 Å². The van der Waals surface area contributed by atoms with Gasteiger partial charge in [-0.05, 0) is 60.2 Å². The SMILES string of the molecule is CC1Cc2cc(S(N)(=O)=O)ccc2N1C(=O)COC(=O)CNC(=O)c1ccc(C(C)(C)C)cc1. The van der Waals surface area contributed by atoms with Crippen molar-refractivity contribution in [1.82, 2.24) is 5.32 Å². The summed E-state index contributed by atoms with van der Waals surface area (Å²) >= 11 is 0. The van der Waals surface area contributed by atoms with Crippen LogP contribution in [0.1, 0.15) is 49.2 Å². The number of nitrogens with two attached hydrogens (primary N) is 1. The average Bonchev–Trinajstić information content (AvgIpc) is 3.09. The van der Waals surface area contributed by atoms with Gasteiger partial charge in [-0.15, -0.1) is 0 Å². The summed E-state index contributed by atoms with van der Waals surface area (Å²) in [7, 11) is -3.85. The van der Waals surface area contributed by atoms with Crippen molar-refractivity contribution >= 4 is 33.5 Å². The Morgan fingerprint density at radius 3 is 2.35 bits per heavy atom. The van der Waals surface area contributed by atoms with Crippen LogP contribution >= 0.6 is 0 Å². The molecule has 3 rings (SSSR count). The summed E-state index contributed by atoms with van der Waals surface area (Å²) in [4.78, 5) is 38.5. The van der Waals surface area contributed by atoms with Gasteiger partial charge in [0.1, 0.15) is 6.54 Å². The van der Waals surface area contributed by atoms with Crippen LogP contribution in [0.3, 0.4) is 0 Å². The molecule has 1 heterocycles. The van der Waals surface area contributed by atoms with Gasteiger partial charge in [-0.25, -0.2) is 13.6 Å². The zero-order valence-corrected chi connectivity index (χ0v) is 20.4. The van der Waals surface area contributed by atoms with Crippen molar-refractivity contribution in [3.63, 3.8) is 0 Å². The zero-order valence-electron chi connectivity index (χ0n) is 19.6. The van der Waals surface area contributed by atoms with Gasteiger partial charge in [0.05, 0.1) is 4.90 Å². The Morgan fingerprint density at radius 1 is 1.12 bits per heavy atom. The van der Waals surface area contributed by atoms with E-state index in [-0.39, 0.29) is 22.9 Å². The Kier molecular flexibility index (Phi) is 7.13. The number of fused-ring (bicyclic) bond motifs is 1. The monoisotopic (exact) mass is 487 g/mol. The third-order valence-corrected chi connectivity index (χ3v) is 6.54. The van der Waals surface area contributed by atoms with Crippen molar-refractivity contribution in [2.75, 3.05) is 18.1 Å². The van der Waals surface area contributed by atoms with Gasteiger partial charge in [0.2, 0.25) is 10.0 Å². The van der Waals surface area contributed by atoms with Gasteiger partial charge in [0.25, 0.3) is 11.8 Å². The van der Waals surface area contributed by atoms with E-state index in [9.17, 15) is 22.8 Å². The molecule has 0 aromatic heterocycles. The van der Waals surface area contributed by atoms with Crippen molar-refractivity contribution in [2.24, 2.45) is 5.14 Å². The molecule has 182 valence electrons. The highest BCUT2D eigenvalue weighted by atomic mass is 32.2. The summed E-state index contributed by atoms with van der Waals surface area (Å²) in [5.41, 5.74) is 2.68. The Hall–Kier alpha value is -3.24. The van der Waals surface area contributed by atoms with Gasteiger partial charge in [-0.2, -0.15) is 0 Å². The van der Waals surface area contributed by atoms with Crippen LogP contribution in [0, 0.1) is 0 Å². The predicted molar refractivity (Wildman–Crippen MR) is 127 cm³/mol. The molecule has 1 aliphatic heterocycles. The van der Waals surface area contributed by atoms with E-state index < -0.39 is 34.4 Å². The van der Waals surface area contributed by atoms with E-state index in [1.54, 1.807) is 12.1 Å². The highest BCUT2D eigenvalue weighted by Gasteiger charge is 2.32. The lowest BCUT2D eigenvalue weighted by Gasteiger charge is -2.22. The summed E-state index contributed by atoms with van der Waals surface area (Å²) in [5, 5.41) is 7.66. The molecule has 2 aromatic carbocycles. The summed E-state index contributed by atoms with van der Waals surface area (Å²) in [6.07, 6.45) is 0.447. The average molecular weight is 488 g/mol. The molecule has 0 fully saturated rings. The second-order valence-corrected chi connectivity index (χ2v) is 10.9. The van der Waals surface area contributed by atoms with E-state index in [2.05, 4.69) is 26.1 Å². The first kappa shape index (κ1) is 25.4. The molecule has 9 nitrogen and oxygen atoms in total. The second kappa shape index (κ2) is 9.55. The van der Waals surface area contributed by atoms with Crippen molar-refractivity contribution in [3.8, 4) is 0 Å². The minimum absolute atomic E-state index is 0.0250. The molecule has 3 N–H and O–H groups in total. The fourth-order valence-corrected chi connectivity index (χ4v) is 4.37. The van der Waals surface area contributed by atoms with Crippen molar-refractivity contribution in [3.05, 3.63) is 59.2 Å². The van der Waals surface area contributed by atoms with Crippen LogP contribution in [0.5, 0.6) is 0 Å². The summed E-state index contributed by atoms with van der Waals surface area (Å²) in [6, 6.07) is 11.2. The van der Waals surface area contributed by atoms with Gasteiger partial charge < -0.3 is 15.0 Å². The first-order valence-corrected chi connectivity index (χ1v) is 12.3. The van der Waals surface area contributed by atoms with Crippen LogP contribution in [-0.2, 0) is 36.2 Å². The first-order chi connectivity index (χ1) is 15.8. The molecule has 2 aromatic rings. The van der Waals surface area contributed by atoms with E-state index in [0.29, 0.717) is 23.2 Å². The first-order valence-electron chi connectivity index (χ1n) is 10.8. The smallest absolute Gasteiger partial charge is 0.325 e. The zero-order chi connectivity index (χ0) is 25.3. The topological polar surface area (TPSA) is 136 Å². The van der Waals surface area contributed by atoms with Crippen LogP contribution in [0.25, 0.3) is 0 Å². The Labute approximate surface area is 199 Å². The molecular formula is C24H29N3O6S. The minimum atomic E-state index is -3.85. The fourth-order valence-electron chi connectivity index (χ4n) is 3.80. The van der Waals surface area contributed by atoms with Gasteiger partial charge in [-0.3, -0.25) is 14.4 Å². The Morgan fingerprint density at radius 2 is 1.76 bits per heavy atom. The number of nitrogens with zero attached hydrogens (tertiary/aromatic N) is 1. The maximum atomic E-state index is 12.7. The number of hydrogen-bond acceptors (Lipinski definition) is 6. The lowest BCUT2D eigenvalue weighted by Crippen LogP contribution is -2.39. The van der Waals surface area contributed by atoms with Crippen LogP contribution in [0.2, 0.25) is 0 Å². The van der Waals surface area contributed by atoms with Crippen molar-refractivity contribution in [1.29, 1.82) is 0 Å². The standard InChI is InChI=1S/C24H29N3O6S/c1-15-11-17-12-19(34(25,31)32)9-10-20(17)27(15)21(28)14-33-22(29)13-26-23(30)16-5-7-18(8-6-16)24(2,3)4/h5-10,12,15H,11,13-14H2,1-4H3,(H,26,30)(H2,25,31,32). The van der Waals surface area contributed by atoms with Gasteiger partial charge >= 0.3 is 5.97 Å². The van der Waals surface area contributed by atoms with E-state index in [1.807, 2.05) is 19.1 Å². The molecule has 0 spiro atoms. The number of ether oxygens (including phenoxy) is 1. The third-order valence-electron chi connectivity index (χ3n) is 5.63. The van der Waals surface area contributed by atoms with Crippen molar-refractivity contribution in [2.45, 2.75) is 50.5 Å². The van der Waals surface area contributed by atoms with E-state index >= 15 is 0 Å². The molecule has 0 bridgehead atoms. The number of nitrogens with one attached hydrogen (secondary N) is 1. The van der Waals surface area contributed by atoms with Crippen LogP contribution in [0.15, 0.2) is 47.4 Å². The summed E-state index contributed by atoms with van der Waals surface area (Å²) in [5.74, 6) is -1.62. The maximum absolute atomic E-state index is 12.7. The Bertz CT molecular complexity index is 1220. The number of carbonyl (C=O) groups is 3. The number of carbonyl (C=O) groups excluding carboxylic acids is 3. The number of sulfonamides is 1. The molecule has 1 atom stereocenters. The maximum Gasteiger partial charge on any atom is 0.325 e. The highest BCUT2D eigenvalue weighted by molar-refractivity contribution is 7.89. The lowest BCUT2D eigenvalue weighted by molar-refractivity contribution is -0.146. The summed E-state index contributed by atoms with van der Waals surface area (Å²) in [6.45, 7) is 7.14. The predicted octanol–water partition coefficient (Wildman–Crippen LogP) is 1.88. The summed E-state index contributed by atoms with van der Waals surface area (Å²) < 4.78 is 28.2. The second-order valence-electron chi connectivity index (χ2n) is 9.32. The molecule has 0 saturated heterocycles. The fraction of sp³-hybridized carbons (Fsp3) is 0.375. The molecule has 1 unspecified atom stereocenters. The number of anilines is 1. The highest BCUT2D eigenvalue weighted by Crippen LogP contribution is 2.33. The largest absolute Gasteiger partial charge is 0.454 e. The number of benzene rings is 2. The normalized spacial score (nSPS) is 15.6. The molecule has 0 radical (unpaired) electrons. The van der Waals surface area contributed by atoms with Crippen molar-refractivity contribution < 1.29 is 27.5 Å². The molecule has 2 amide bonds. The molecule has 10 heteroatoms. The molecule has 0 aliphatic carbocycles. The van der Waals surface area contributed by atoms with E-state index in [0.717, 1.165) is 5.56 Å². The quantitative estimate of drug-likeness (QED) is 0.597. The third kappa shape index (κ3) is 5.81. The van der Waals surface area contributed by atoms with Crippen LogP contribution < -0.4 is 15.4 Å². The molecule has 0 saturated carbocycles. The lowest BCUT2D eigenvalue weighted by atomic mass is 9.87. The molecular weight excluding hydrogens is 458 g/mol. The minimum Gasteiger partial charge on any atom is -0.454 e. The number of primary sulfonamides is 1. The Balaban J connectivity index is 1.53. The van der Waals surface area contributed by atoms with Crippen LogP contribution in [0.4, 0.5) is 5.69 Å². The van der Waals surface area contributed by atoms with Gasteiger partial charge in [0.15, 0.2) is 6.61 Å². The number of hydrogen-bond donors (Lipinski definition) is 2. The van der Waals surface area contributed by atoms with E-state index in [1.165, 1.54) is 23.1 Å².